The molecule has 0 heterocycles. The monoisotopic (exact) mass is 606 g/mol. The molecule has 4 aromatic carbocycles. The SMILES string of the molecule is Nc1cc(S(=O)(=O)O)cc2cc(S(=O)(=O)O)ccc12.Nc1cccc2c(S(=O)(=O)O)cc(S(=O)(=O)O)cc12. The number of rotatable bonds is 4. The van der Waals surface area contributed by atoms with Gasteiger partial charge in [0, 0.05) is 27.5 Å². The van der Waals surface area contributed by atoms with Crippen molar-refractivity contribution in [3.63, 3.8) is 0 Å². The molecule has 14 nitrogen and oxygen atoms in total. The summed E-state index contributed by atoms with van der Waals surface area (Å²) < 4.78 is 125. The largest absolute Gasteiger partial charge is 0.398 e. The van der Waals surface area contributed by atoms with Gasteiger partial charge in [-0.15, -0.1) is 0 Å². The second-order valence-corrected chi connectivity index (χ2v) is 13.3. The average Bonchev–Trinajstić information content (AvgIpc) is 2.76. The van der Waals surface area contributed by atoms with E-state index in [1.54, 1.807) is 0 Å². The summed E-state index contributed by atoms with van der Waals surface area (Å²) in [4.78, 5) is -2.15. The maximum absolute atomic E-state index is 11.3. The Hall–Kier alpha value is -3.36. The van der Waals surface area contributed by atoms with Crippen LogP contribution in [0.15, 0.2) is 80.2 Å². The van der Waals surface area contributed by atoms with Crippen molar-refractivity contribution >= 4 is 73.4 Å². The van der Waals surface area contributed by atoms with Gasteiger partial charge in [0.05, 0.1) is 14.7 Å². The van der Waals surface area contributed by atoms with E-state index in [4.69, 9.17) is 29.7 Å². The molecule has 0 saturated heterocycles. The minimum absolute atomic E-state index is 0.0620. The van der Waals surface area contributed by atoms with Gasteiger partial charge in [-0.1, -0.05) is 18.2 Å². The molecule has 0 aliphatic heterocycles. The summed E-state index contributed by atoms with van der Waals surface area (Å²) in [6.07, 6.45) is 0. The molecule has 0 unspecified atom stereocenters. The highest BCUT2D eigenvalue weighted by Gasteiger charge is 2.21. The van der Waals surface area contributed by atoms with Crippen molar-refractivity contribution in [2.24, 2.45) is 0 Å². The summed E-state index contributed by atoms with van der Waals surface area (Å²) in [5, 5.41) is 0.739. The lowest BCUT2D eigenvalue weighted by molar-refractivity contribution is 0.479. The number of benzene rings is 4. The highest BCUT2D eigenvalue weighted by Crippen LogP contribution is 2.31. The molecule has 18 heteroatoms. The fourth-order valence-electron chi connectivity index (χ4n) is 3.37. The van der Waals surface area contributed by atoms with E-state index in [0.717, 1.165) is 30.3 Å². The number of nitrogen functional groups attached to an aromatic ring is 2. The number of hydrogen-bond acceptors (Lipinski definition) is 10. The molecule has 0 aromatic heterocycles. The van der Waals surface area contributed by atoms with E-state index in [-0.39, 0.29) is 27.5 Å². The highest BCUT2D eigenvalue weighted by molar-refractivity contribution is 7.87. The van der Waals surface area contributed by atoms with E-state index in [2.05, 4.69) is 0 Å². The Morgan fingerprint density at radius 1 is 0.474 bits per heavy atom. The van der Waals surface area contributed by atoms with Crippen molar-refractivity contribution in [2.45, 2.75) is 19.6 Å². The molecule has 0 amide bonds. The molecule has 8 N–H and O–H groups in total. The van der Waals surface area contributed by atoms with Crippen molar-refractivity contribution < 1.29 is 51.9 Å². The third-order valence-electron chi connectivity index (χ3n) is 5.07. The topological polar surface area (TPSA) is 270 Å². The van der Waals surface area contributed by atoms with E-state index in [9.17, 15) is 33.7 Å². The molecule has 204 valence electrons. The lowest BCUT2D eigenvalue weighted by Crippen LogP contribution is -2.05. The van der Waals surface area contributed by atoms with E-state index >= 15 is 0 Å². The molecule has 4 aromatic rings. The third kappa shape index (κ3) is 6.37. The van der Waals surface area contributed by atoms with Gasteiger partial charge >= 0.3 is 0 Å². The van der Waals surface area contributed by atoms with Crippen LogP contribution in [0.5, 0.6) is 0 Å². The third-order valence-corrected chi connectivity index (χ3v) is 8.47. The molecule has 0 atom stereocenters. The Morgan fingerprint density at radius 3 is 1.53 bits per heavy atom. The first-order chi connectivity index (χ1) is 17.2. The second kappa shape index (κ2) is 9.75. The molecular weight excluding hydrogens is 588 g/mol. The highest BCUT2D eigenvalue weighted by atomic mass is 32.2. The molecule has 0 fully saturated rings. The first-order valence-electron chi connectivity index (χ1n) is 9.75. The standard InChI is InChI=1S/2C10H9NO6S2/c11-10-5-8(19(15,16)17)4-6-3-7(18(12,13)14)1-2-9(6)10;11-9-3-1-2-7-8(9)4-6(18(12,13)14)5-10(7)19(15,16)17/h2*1-5H,11H2,(H,12,13,14)(H,15,16,17). The van der Waals surface area contributed by atoms with Crippen LogP contribution in [-0.4, -0.2) is 51.9 Å². The van der Waals surface area contributed by atoms with E-state index in [0.29, 0.717) is 11.5 Å². The Balaban J connectivity index is 0.000000211. The quantitative estimate of drug-likeness (QED) is 0.143. The first kappa shape index (κ1) is 29.2. The number of hydrogen-bond donors (Lipinski definition) is 6. The van der Waals surface area contributed by atoms with Gasteiger partial charge in [-0.3, -0.25) is 18.2 Å². The van der Waals surface area contributed by atoms with Gasteiger partial charge in [0.15, 0.2) is 0 Å². The predicted octanol–water partition coefficient (Wildman–Crippen LogP) is 1.83. The van der Waals surface area contributed by atoms with Crippen molar-refractivity contribution in [3.05, 3.63) is 60.7 Å². The van der Waals surface area contributed by atoms with Crippen LogP contribution in [-0.2, 0) is 40.5 Å². The van der Waals surface area contributed by atoms with Gasteiger partial charge in [0.2, 0.25) is 0 Å². The van der Waals surface area contributed by atoms with Gasteiger partial charge in [-0.25, -0.2) is 0 Å². The van der Waals surface area contributed by atoms with Crippen molar-refractivity contribution in [1.29, 1.82) is 0 Å². The molecule has 4 rings (SSSR count). The van der Waals surface area contributed by atoms with Crippen LogP contribution in [0.1, 0.15) is 0 Å². The lowest BCUT2D eigenvalue weighted by atomic mass is 10.1. The minimum Gasteiger partial charge on any atom is -0.398 e. The summed E-state index contributed by atoms with van der Waals surface area (Å²) in [6.45, 7) is 0. The minimum atomic E-state index is -4.66. The van der Waals surface area contributed by atoms with E-state index < -0.39 is 60.1 Å². The van der Waals surface area contributed by atoms with Gasteiger partial charge in [-0.05, 0) is 47.9 Å². The maximum atomic E-state index is 11.3. The zero-order valence-electron chi connectivity index (χ0n) is 18.6. The Kier molecular flexibility index (Phi) is 7.49. The number of nitrogens with two attached hydrogens (primary N) is 2. The zero-order chi connectivity index (χ0) is 28.8. The summed E-state index contributed by atoms with van der Waals surface area (Å²) in [7, 11) is -18.2. The lowest BCUT2D eigenvalue weighted by Gasteiger charge is -2.08. The smallest absolute Gasteiger partial charge is 0.295 e. The van der Waals surface area contributed by atoms with Crippen LogP contribution in [0.3, 0.4) is 0 Å². The summed E-state index contributed by atoms with van der Waals surface area (Å²) in [6, 6.07) is 11.6. The zero-order valence-corrected chi connectivity index (χ0v) is 21.9. The van der Waals surface area contributed by atoms with Crippen LogP contribution in [0.4, 0.5) is 11.4 Å². The fourth-order valence-corrected chi connectivity index (χ4v) is 5.78. The van der Waals surface area contributed by atoms with E-state index in [1.807, 2.05) is 0 Å². The summed E-state index contributed by atoms with van der Waals surface area (Å²) in [5.41, 5.74) is 11.4. The Labute approximate surface area is 216 Å². The van der Waals surface area contributed by atoms with Crippen molar-refractivity contribution in [3.8, 4) is 0 Å². The number of anilines is 2. The van der Waals surface area contributed by atoms with Gasteiger partial charge < -0.3 is 11.5 Å². The van der Waals surface area contributed by atoms with Crippen LogP contribution < -0.4 is 11.5 Å². The Bertz CT molecular complexity index is 2030. The van der Waals surface area contributed by atoms with Gasteiger partial charge in [-0.2, -0.15) is 33.7 Å². The molecule has 0 radical (unpaired) electrons. The second-order valence-electron chi connectivity index (χ2n) is 7.66. The Morgan fingerprint density at radius 2 is 1.00 bits per heavy atom. The normalized spacial score (nSPS) is 12.7. The van der Waals surface area contributed by atoms with Crippen LogP contribution in [0.25, 0.3) is 21.5 Å². The predicted molar refractivity (Wildman–Crippen MR) is 136 cm³/mol. The molecule has 0 saturated carbocycles. The molecular formula is C20H18N2O12S4. The van der Waals surface area contributed by atoms with Crippen molar-refractivity contribution in [2.75, 3.05) is 11.5 Å². The average molecular weight is 607 g/mol. The van der Waals surface area contributed by atoms with Gasteiger partial charge in [0.1, 0.15) is 4.90 Å². The first-order valence-corrected chi connectivity index (χ1v) is 15.5. The van der Waals surface area contributed by atoms with Gasteiger partial charge in [0.25, 0.3) is 40.5 Å². The van der Waals surface area contributed by atoms with Crippen LogP contribution in [0, 0.1) is 0 Å². The van der Waals surface area contributed by atoms with Crippen molar-refractivity contribution in [1.82, 2.24) is 0 Å². The van der Waals surface area contributed by atoms with E-state index in [1.165, 1.54) is 24.3 Å². The van der Waals surface area contributed by atoms with Crippen LogP contribution >= 0.6 is 0 Å². The summed E-state index contributed by atoms with van der Waals surface area (Å²) in [5.74, 6) is 0. The maximum Gasteiger partial charge on any atom is 0.295 e. The molecule has 0 aliphatic carbocycles. The molecule has 0 aliphatic rings. The molecule has 0 spiro atoms. The van der Waals surface area contributed by atoms with Crippen LogP contribution in [0.2, 0.25) is 0 Å². The summed E-state index contributed by atoms with van der Waals surface area (Å²) >= 11 is 0. The molecule has 38 heavy (non-hydrogen) atoms. The number of fused-ring (bicyclic) bond motifs is 2. The molecule has 0 bridgehead atoms. The fraction of sp³-hybridized carbons (Fsp3) is 0.